The van der Waals surface area contributed by atoms with Gasteiger partial charge in [-0.1, -0.05) is 6.92 Å². The molecule has 1 atom stereocenters. The Balaban J connectivity index is 2.33. The minimum atomic E-state index is -0.174. The van der Waals surface area contributed by atoms with Crippen molar-refractivity contribution in [3.63, 3.8) is 0 Å². The Morgan fingerprint density at radius 2 is 2.42 bits per heavy atom. The molecule has 1 N–H and O–H groups in total. The molecular formula is C9H16N2O. The van der Waals surface area contributed by atoms with Crippen LogP contribution in [0.4, 0.5) is 0 Å². The van der Waals surface area contributed by atoms with Crippen LogP contribution in [-0.4, -0.2) is 21.0 Å². The fraction of sp³-hybridized carbons (Fsp3) is 0.667. The Kier molecular flexibility index (Phi) is 3.29. The molecule has 0 saturated carbocycles. The molecule has 0 saturated heterocycles. The molecule has 0 bridgehead atoms. The van der Waals surface area contributed by atoms with E-state index in [-0.39, 0.29) is 6.10 Å². The monoisotopic (exact) mass is 168 g/mol. The molecule has 0 aliphatic heterocycles. The summed E-state index contributed by atoms with van der Waals surface area (Å²) < 4.78 is 1.79. The molecule has 0 aromatic carbocycles. The van der Waals surface area contributed by atoms with Crippen molar-refractivity contribution in [3.05, 3.63) is 18.0 Å². The van der Waals surface area contributed by atoms with Gasteiger partial charge >= 0.3 is 0 Å². The number of nitrogens with zero attached hydrogens (tertiary/aromatic N) is 2. The summed E-state index contributed by atoms with van der Waals surface area (Å²) >= 11 is 0. The first kappa shape index (κ1) is 9.26. The summed E-state index contributed by atoms with van der Waals surface area (Å²) in [7, 11) is 1.90. The third-order valence-electron chi connectivity index (χ3n) is 1.97. The Morgan fingerprint density at radius 1 is 1.67 bits per heavy atom. The molecule has 12 heavy (non-hydrogen) atoms. The number of aliphatic hydroxyl groups excluding tert-OH is 1. The molecule has 68 valence electrons. The zero-order valence-corrected chi connectivity index (χ0v) is 7.70. The van der Waals surface area contributed by atoms with Crippen LogP contribution in [0.1, 0.15) is 25.5 Å². The molecule has 0 aliphatic rings. The van der Waals surface area contributed by atoms with E-state index in [0.717, 1.165) is 25.0 Å². The van der Waals surface area contributed by atoms with Crippen molar-refractivity contribution in [2.24, 2.45) is 7.05 Å². The van der Waals surface area contributed by atoms with Crippen molar-refractivity contribution in [3.8, 4) is 0 Å². The lowest BCUT2D eigenvalue weighted by molar-refractivity contribution is 0.160. The summed E-state index contributed by atoms with van der Waals surface area (Å²) in [6.45, 7) is 1.99. The fourth-order valence-electron chi connectivity index (χ4n) is 1.12. The number of aromatic nitrogens is 2. The highest BCUT2D eigenvalue weighted by Gasteiger charge is 2.02. The van der Waals surface area contributed by atoms with Gasteiger partial charge in [-0.3, -0.25) is 4.68 Å². The summed E-state index contributed by atoms with van der Waals surface area (Å²) in [4.78, 5) is 0. The number of aryl methyl sites for hydroxylation is 2. The van der Waals surface area contributed by atoms with Crippen molar-refractivity contribution < 1.29 is 5.11 Å². The fourth-order valence-corrected chi connectivity index (χ4v) is 1.12. The maximum absolute atomic E-state index is 9.29. The first-order valence-electron chi connectivity index (χ1n) is 4.39. The van der Waals surface area contributed by atoms with Crippen LogP contribution in [0.2, 0.25) is 0 Å². The predicted molar refractivity (Wildman–Crippen MR) is 47.8 cm³/mol. The van der Waals surface area contributed by atoms with Gasteiger partial charge in [-0.05, 0) is 25.3 Å². The Labute approximate surface area is 73.0 Å². The van der Waals surface area contributed by atoms with Gasteiger partial charge < -0.3 is 5.11 Å². The van der Waals surface area contributed by atoms with Crippen molar-refractivity contribution >= 4 is 0 Å². The van der Waals surface area contributed by atoms with Crippen LogP contribution in [0.3, 0.4) is 0 Å². The minimum Gasteiger partial charge on any atom is -0.393 e. The van der Waals surface area contributed by atoms with Gasteiger partial charge in [0.25, 0.3) is 0 Å². The molecule has 3 nitrogen and oxygen atoms in total. The topological polar surface area (TPSA) is 38.0 Å². The predicted octanol–water partition coefficient (Wildman–Crippen LogP) is 1.12. The number of rotatable bonds is 4. The van der Waals surface area contributed by atoms with E-state index >= 15 is 0 Å². The molecule has 1 heterocycles. The van der Waals surface area contributed by atoms with Crippen molar-refractivity contribution in [2.45, 2.75) is 32.3 Å². The second kappa shape index (κ2) is 4.26. The van der Waals surface area contributed by atoms with E-state index in [0.29, 0.717) is 0 Å². The molecular weight excluding hydrogens is 152 g/mol. The van der Waals surface area contributed by atoms with Gasteiger partial charge in [-0.2, -0.15) is 5.10 Å². The smallest absolute Gasteiger partial charge is 0.0625 e. The summed E-state index contributed by atoms with van der Waals surface area (Å²) in [5.41, 5.74) is 1.06. The average molecular weight is 168 g/mol. The van der Waals surface area contributed by atoms with Crippen LogP contribution < -0.4 is 0 Å². The van der Waals surface area contributed by atoms with E-state index in [9.17, 15) is 5.11 Å². The van der Waals surface area contributed by atoms with Crippen LogP contribution in [0, 0.1) is 0 Å². The summed E-state index contributed by atoms with van der Waals surface area (Å²) in [6, 6.07) is 1.99. The van der Waals surface area contributed by atoms with Gasteiger partial charge in [0.15, 0.2) is 0 Å². The third kappa shape index (κ3) is 2.66. The van der Waals surface area contributed by atoms with Crippen LogP contribution in [0.5, 0.6) is 0 Å². The van der Waals surface area contributed by atoms with Gasteiger partial charge in [0, 0.05) is 13.2 Å². The van der Waals surface area contributed by atoms with Crippen LogP contribution in [0.25, 0.3) is 0 Å². The molecule has 1 unspecified atom stereocenters. The van der Waals surface area contributed by atoms with Gasteiger partial charge in [-0.25, -0.2) is 0 Å². The lowest BCUT2D eigenvalue weighted by atomic mass is 10.1. The highest BCUT2D eigenvalue weighted by Crippen LogP contribution is 2.04. The van der Waals surface area contributed by atoms with E-state index in [1.165, 1.54) is 0 Å². The van der Waals surface area contributed by atoms with E-state index in [1.807, 2.05) is 26.2 Å². The van der Waals surface area contributed by atoms with Crippen molar-refractivity contribution in [1.29, 1.82) is 0 Å². The van der Waals surface area contributed by atoms with E-state index in [1.54, 1.807) is 4.68 Å². The molecule has 0 amide bonds. The minimum absolute atomic E-state index is 0.174. The second-order valence-corrected chi connectivity index (χ2v) is 3.08. The Morgan fingerprint density at radius 3 is 2.92 bits per heavy atom. The van der Waals surface area contributed by atoms with Gasteiger partial charge in [0.05, 0.1) is 11.8 Å². The van der Waals surface area contributed by atoms with Crippen LogP contribution >= 0.6 is 0 Å². The molecule has 1 aromatic rings. The van der Waals surface area contributed by atoms with E-state index in [4.69, 9.17) is 0 Å². The standard InChI is InChI=1S/C9H16N2O/c1-3-9(12)5-4-8-6-7-11(2)10-8/h6-7,9,12H,3-5H2,1-2H3. The number of hydrogen-bond acceptors (Lipinski definition) is 2. The lowest BCUT2D eigenvalue weighted by Crippen LogP contribution is -2.06. The molecule has 0 aliphatic carbocycles. The normalized spacial score (nSPS) is 13.2. The van der Waals surface area contributed by atoms with Gasteiger partial charge in [-0.15, -0.1) is 0 Å². The van der Waals surface area contributed by atoms with E-state index in [2.05, 4.69) is 5.10 Å². The average Bonchev–Trinajstić information content (AvgIpc) is 2.47. The zero-order chi connectivity index (χ0) is 8.97. The number of aliphatic hydroxyl groups is 1. The van der Waals surface area contributed by atoms with Crippen LogP contribution in [0.15, 0.2) is 12.3 Å². The largest absolute Gasteiger partial charge is 0.393 e. The number of hydrogen-bond donors (Lipinski definition) is 1. The molecule has 1 aromatic heterocycles. The third-order valence-corrected chi connectivity index (χ3v) is 1.97. The van der Waals surface area contributed by atoms with Gasteiger partial charge in [0.2, 0.25) is 0 Å². The van der Waals surface area contributed by atoms with Gasteiger partial charge in [0.1, 0.15) is 0 Å². The summed E-state index contributed by atoms with van der Waals surface area (Å²) in [6.07, 6.45) is 4.26. The first-order chi connectivity index (χ1) is 5.72. The van der Waals surface area contributed by atoms with Crippen molar-refractivity contribution in [2.75, 3.05) is 0 Å². The van der Waals surface area contributed by atoms with Crippen LogP contribution in [-0.2, 0) is 13.5 Å². The quantitative estimate of drug-likeness (QED) is 0.731. The summed E-state index contributed by atoms with van der Waals surface area (Å²) in [5, 5.41) is 13.5. The molecule has 0 radical (unpaired) electrons. The maximum atomic E-state index is 9.29. The Hall–Kier alpha value is -0.830. The summed E-state index contributed by atoms with van der Waals surface area (Å²) in [5.74, 6) is 0. The highest BCUT2D eigenvalue weighted by atomic mass is 16.3. The molecule has 1 rings (SSSR count). The maximum Gasteiger partial charge on any atom is 0.0625 e. The van der Waals surface area contributed by atoms with Crippen molar-refractivity contribution in [1.82, 2.24) is 9.78 Å². The first-order valence-corrected chi connectivity index (χ1v) is 4.39. The zero-order valence-electron chi connectivity index (χ0n) is 7.70. The highest BCUT2D eigenvalue weighted by molar-refractivity contribution is 4.98. The SMILES string of the molecule is CCC(O)CCc1ccn(C)n1. The lowest BCUT2D eigenvalue weighted by Gasteiger charge is -2.04. The molecule has 0 spiro atoms. The second-order valence-electron chi connectivity index (χ2n) is 3.08. The van der Waals surface area contributed by atoms with E-state index < -0.39 is 0 Å². The Bertz CT molecular complexity index is 232. The molecule has 3 heteroatoms. The molecule has 0 fully saturated rings.